The number of aliphatic hydroxyl groups is 1. The first-order chi connectivity index (χ1) is 8.60. The Balaban J connectivity index is 3.03. The zero-order chi connectivity index (χ0) is 13.5. The average molecular weight is 250 g/mol. The molecule has 96 valence electrons. The van der Waals surface area contributed by atoms with Crippen LogP contribution in [0.3, 0.4) is 0 Å². The van der Waals surface area contributed by atoms with Crippen molar-refractivity contribution < 1.29 is 24.2 Å². The van der Waals surface area contributed by atoms with Crippen molar-refractivity contribution in [1.29, 1.82) is 0 Å². The van der Waals surface area contributed by atoms with Crippen molar-refractivity contribution in [3.63, 3.8) is 0 Å². The van der Waals surface area contributed by atoms with Crippen molar-refractivity contribution in [2.45, 2.75) is 6.92 Å². The Labute approximate surface area is 105 Å². The number of hydrogen-bond donors (Lipinski definition) is 1. The molecule has 1 aromatic rings. The molecule has 0 fully saturated rings. The lowest BCUT2D eigenvalue weighted by atomic mass is 10.1. The molecule has 0 radical (unpaired) electrons. The lowest BCUT2D eigenvalue weighted by Gasteiger charge is -2.08. The van der Waals surface area contributed by atoms with E-state index in [9.17, 15) is 14.7 Å². The number of benzene rings is 1. The van der Waals surface area contributed by atoms with Gasteiger partial charge in [0.15, 0.2) is 0 Å². The molecule has 1 rings (SSSR count). The average Bonchev–Trinajstić information content (AvgIpc) is 2.38. The summed E-state index contributed by atoms with van der Waals surface area (Å²) in [4.78, 5) is 22.2. The number of esters is 1. The van der Waals surface area contributed by atoms with Crippen LogP contribution < -0.4 is 4.74 Å². The number of ketones is 1. The number of hydrogen-bond acceptors (Lipinski definition) is 5. The molecular weight excluding hydrogens is 236 g/mol. The molecule has 5 nitrogen and oxygen atoms in total. The lowest BCUT2D eigenvalue weighted by Crippen LogP contribution is -2.13. The molecule has 0 spiro atoms. The van der Waals surface area contributed by atoms with Gasteiger partial charge in [-0.15, -0.1) is 0 Å². The van der Waals surface area contributed by atoms with Gasteiger partial charge in [-0.1, -0.05) is 12.1 Å². The molecule has 0 bridgehead atoms. The van der Waals surface area contributed by atoms with E-state index >= 15 is 0 Å². The quantitative estimate of drug-likeness (QED) is 0.373. The van der Waals surface area contributed by atoms with Crippen LogP contribution in [-0.2, 0) is 14.3 Å². The van der Waals surface area contributed by atoms with Crippen molar-refractivity contribution in [3.05, 3.63) is 35.9 Å². The first-order valence-electron chi connectivity index (χ1n) is 5.35. The minimum absolute atomic E-state index is 0.338. The first-order valence-corrected chi connectivity index (χ1v) is 5.35. The fourth-order valence-electron chi connectivity index (χ4n) is 1.32. The number of rotatable bonds is 5. The van der Waals surface area contributed by atoms with E-state index in [2.05, 4.69) is 4.74 Å². The first kappa shape index (κ1) is 13.8. The van der Waals surface area contributed by atoms with Gasteiger partial charge in [-0.25, -0.2) is 4.79 Å². The molecule has 0 aliphatic rings. The van der Waals surface area contributed by atoms with E-state index in [0.29, 0.717) is 17.9 Å². The van der Waals surface area contributed by atoms with Gasteiger partial charge in [-0.3, -0.25) is 4.79 Å². The smallest absolute Gasteiger partial charge is 0.378 e. The molecule has 0 saturated carbocycles. The second-order valence-electron chi connectivity index (χ2n) is 3.31. The van der Waals surface area contributed by atoms with E-state index in [4.69, 9.17) is 4.74 Å². The molecule has 0 amide bonds. The maximum Gasteiger partial charge on any atom is 0.378 e. The van der Waals surface area contributed by atoms with Crippen molar-refractivity contribution in [2.24, 2.45) is 0 Å². The molecule has 0 aromatic heterocycles. The van der Waals surface area contributed by atoms with E-state index in [-0.39, 0.29) is 5.76 Å². The van der Waals surface area contributed by atoms with E-state index in [0.717, 1.165) is 13.2 Å². The molecule has 1 N–H and O–H groups in total. The minimum atomic E-state index is -1.03. The largest absolute Gasteiger partial charge is 0.507 e. The van der Waals surface area contributed by atoms with E-state index < -0.39 is 11.8 Å². The standard InChI is InChI=1S/C13H14O5/c1-3-18-12-7-5-4-6-9(12)10(14)8-11(15)13(16)17-2/h4-8,14H,3H2,1-2H3. The van der Waals surface area contributed by atoms with Crippen molar-refractivity contribution >= 4 is 17.5 Å². The van der Waals surface area contributed by atoms with Gasteiger partial charge < -0.3 is 14.6 Å². The van der Waals surface area contributed by atoms with Crippen molar-refractivity contribution in [1.82, 2.24) is 0 Å². The highest BCUT2D eigenvalue weighted by atomic mass is 16.5. The fraction of sp³-hybridized carbons (Fsp3) is 0.231. The highest BCUT2D eigenvalue weighted by molar-refractivity contribution is 6.39. The van der Waals surface area contributed by atoms with Gasteiger partial charge in [0, 0.05) is 6.08 Å². The van der Waals surface area contributed by atoms with E-state index in [1.165, 1.54) is 0 Å². The molecular formula is C13H14O5. The molecule has 18 heavy (non-hydrogen) atoms. The number of carbonyl (C=O) groups excluding carboxylic acids is 2. The molecule has 1 aromatic carbocycles. The predicted octanol–water partition coefficient (Wildman–Crippen LogP) is 1.73. The third-order valence-corrected chi connectivity index (χ3v) is 2.12. The second-order valence-corrected chi connectivity index (χ2v) is 3.31. The minimum Gasteiger partial charge on any atom is -0.507 e. The topological polar surface area (TPSA) is 72.8 Å². The third-order valence-electron chi connectivity index (χ3n) is 2.12. The Bertz CT molecular complexity index is 476. The van der Waals surface area contributed by atoms with Crippen molar-refractivity contribution in [2.75, 3.05) is 13.7 Å². The van der Waals surface area contributed by atoms with Gasteiger partial charge in [0.2, 0.25) is 0 Å². The lowest BCUT2D eigenvalue weighted by molar-refractivity contribution is -0.149. The van der Waals surface area contributed by atoms with Gasteiger partial charge in [-0.2, -0.15) is 0 Å². The van der Waals surface area contributed by atoms with Crippen LogP contribution >= 0.6 is 0 Å². The van der Waals surface area contributed by atoms with Crippen LogP contribution in [0.4, 0.5) is 0 Å². The molecule has 0 saturated heterocycles. The number of methoxy groups -OCH3 is 1. The molecule has 0 atom stereocenters. The van der Waals surface area contributed by atoms with Crippen LogP contribution in [-0.4, -0.2) is 30.6 Å². The number of carbonyl (C=O) groups is 2. The summed E-state index contributed by atoms with van der Waals surface area (Å²) in [7, 11) is 1.10. The summed E-state index contributed by atoms with van der Waals surface area (Å²) >= 11 is 0. The van der Waals surface area contributed by atoms with Gasteiger partial charge in [0.1, 0.15) is 11.5 Å². The second kappa shape index (κ2) is 6.44. The molecule has 0 heterocycles. The van der Waals surface area contributed by atoms with Gasteiger partial charge in [-0.05, 0) is 19.1 Å². The summed E-state index contributed by atoms with van der Waals surface area (Å²) in [5.41, 5.74) is 0.344. The summed E-state index contributed by atoms with van der Waals surface area (Å²) in [6.45, 7) is 2.23. The summed E-state index contributed by atoms with van der Waals surface area (Å²) in [6.07, 6.45) is 0.809. The van der Waals surface area contributed by atoms with Crippen LogP contribution in [0.1, 0.15) is 12.5 Å². The SMILES string of the molecule is CCOc1ccccc1C(O)=CC(=O)C(=O)OC. The summed E-state index contributed by atoms with van der Waals surface area (Å²) < 4.78 is 9.55. The molecule has 5 heteroatoms. The van der Waals surface area contributed by atoms with Crippen LogP contribution in [0, 0.1) is 0 Å². The summed E-state index contributed by atoms with van der Waals surface area (Å²) in [6, 6.07) is 6.67. The number of ether oxygens (including phenoxy) is 2. The Morgan fingerprint density at radius 1 is 1.33 bits per heavy atom. The molecule has 0 aliphatic heterocycles. The molecule has 0 aliphatic carbocycles. The van der Waals surface area contributed by atoms with Gasteiger partial charge >= 0.3 is 5.97 Å². The van der Waals surface area contributed by atoms with Crippen molar-refractivity contribution in [3.8, 4) is 5.75 Å². The Morgan fingerprint density at radius 2 is 2.00 bits per heavy atom. The number of para-hydroxylation sites is 1. The number of aliphatic hydroxyl groups excluding tert-OH is 1. The zero-order valence-corrected chi connectivity index (χ0v) is 10.2. The highest BCUT2D eigenvalue weighted by Crippen LogP contribution is 2.24. The monoisotopic (exact) mass is 250 g/mol. The van der Waals surface area contributed by atoms with Crippen LogP contribution in [0.25, 0.3) is 5.76 Å². The Kier molecular flexibility index (Phi) is 4.92. The van der Waals surface area contributed by atoms with E-state index in [1.807, 2.05) is 0 Å². The summed E-state index contributed by atoms with van der Waals surface area (Å²) in [5.74, 6) is -1.86. The maximum atomic E-state index is 11.3. The third kappa shape index (κ3) is 3.35. The predicted molar refractivity (Wildman–Crippen MR) is 65.2 cm³/mol. The van der Waals surface area contributed by atoms with Crippen LogP contribution in [0.2, 0.25) is 0 Å². The maximum absolute atomic E-state index is 11.3. The highest BCUT2D eigenvalue weighted by Gasteiger charge is 2.14. The van der Waals surface area contributed by atoms with Gasteiger partial charge in [0.05, 0.1) is 19.3 Å². The summed E-state index contributed by atoms with van der Waals surface area (Å²) in [5, 5.41) is 9.80. The Morgan fingerprint density at radius 3 is 2.61 bits per heavy atom. The zero-order valence-electron chi connectivity index (χ0n) is 10.2. The fourth-order valence-corrected chi connectivity index (χ4v) is 1.32. The van der Waals surface area contributed by atoms with E-state index in [1.54, 1.807) is 31.2 Å². The van der Waals surface area contributed by atoms with Crippen LogP contribution in [0.15, 0.2) is 30.3 Å². The van der Waals surface area contributed by atoms with Gasteiger partial charge in [0.25, 0.3) is 5.78 Å². The normalized spacial score (nSPS) is 10.9. The van der Waals surface area contributed by atoms with Crippen LogP contribution in [0.5, 0.6) is 5.75 Å². The molecule has 0 unspecified atom stereocenters. The Hall–Kier alpha value is -2.30.